The van der Waals surface area contributed by atoms with Crippen LogP contribution >= 0.6 is 0 Å². The number of halogens is 2. The summed E-state index contributed by atoms with van der Waals surface area (Å²) < 4.78 is 26.7. The average molecular weight is 295 g/mol. The molecule has 2 atom stereocenters. The zero-order valence-electron chi connectivity index (χ0n) is 11.5. The van der Waals surface area contributed by atoms with Crippen LogP contribution in [0.25, 0.3) is 0 Å². The first-order chi connectivity index (χ1) is 9.76. The Kier molecular flexibility index (Phi) is 2.83. The number of nitrogens with zero attached hydrogens (tertiary/aromatic N) is 1. The van der Waals surface area contributed by atoms with Gasteiger partial charge in [0.1, 0.15) is 5.41 Å². The molecule has 1 saturated carbocycles. The highest BCUT2D eigenvalue weighted by Gasteiger charge is 2.73. The Labute approximate surface area is 120 Å². The number of carbonyl (C=O) groups excluding carboxylic acids is 1. The lowest BCUT2D eigenvalue weighted by atomic mass is 9.89. The van der Waals surface area contributed by atoms with Gasteiger partial charge in [0.2, 0.25) is 5.91 Å². The number of carboxylic acid groups (broad SMARTS) is 1. The molecule has 0 aromatic heterocycles. The Balaban J connectivity index is 1.91. The van der Waals surface area contributed by atoms with Gasteiger partial charge in [-0.2, -0.15) is 0 Å². The standard InChI is InChI=1S/C15H15F2NO3/c1-14(8-15(14,16)17)13(21)18-6-9-4-2-3-5-10(9)11(7-18)12(19)20/h2-5,11H,6-8H2,1H3,(H,19,20). The summed E-state index contributed by atoms with van der Waals surface area (Å²) in [5, 5.41) is 9.32. The van der Waals surface area contributed by atoms with Crippen molar-refractivity contribution in [2.24, 2.45) is 5.41 Å². The second-order valence-electron chi connectivity index (χ2n) is 5.99. The zero-order valence-corrected chi connectivity index (χ0v) is 11.5. The Morgan fingerprint density at radius 1 is 1.33 bits per heavy atom. The molecule has 1 aliphatic heterocycles. The van der Waals surface area contributed by atoms with Gasteiger partial charge in [0.15, 0.2) is 0 Å². The number of benzene rings is 1. The molecular weight excluding hydrogens is 280 g/mol. The van der Waals surface area contributed by atoms with Crippen LogP contribution in [0.1, 0.15) is 30.4 Å². The molecular formula is C15H15F2NO3. The van der Waals surface area contributed by atoms with Crippen molar-refractivity contribution >= 4 is 11.9 Å². The summed E-state index contributed by atoms with van der Waals surface area (Å²) in [4.78, 5) is 25.0. The number of fused-ring (bicyclic) bond motifs is 1. The summed E-state index contributed by atoms with van der Waals surface area (Å²) in [5.74, 6) is -5.56. The van der Waals surface area contributed by atoms with Crippen molar-refractivity contribution in [1.82, 2.24) is 4.90 Å². The molecule has 0 radical (unpaired) electrons. The molecule has 1 amide bonds. The van der Waals surface area contributed by atoms with Crippen LogP contribution in [0.2, 0.25) is 0 Å². The van der Waals surface area contributed by atoms with E-state index >= 15 is 0 Å². The van der Waals surface area contributed by atoms with Gasteiger partial charge in [0.05, 0.1) is 5.92 Å². The Morgan fingerprint density at radius 2 is 1.95 bits per heavy atom. The largest absolute Gasteiger partial charge is 0.481 e. The third-order valence-electron chi connectivity index (χ3n) is 4.51. The highest BCUT2D eigenvalue weighted by atomic mass is 19.3. The molecule has 4 nitrogen and oxygen atoms in total. The van der Waals surface area contributed by atoms with Crippen LogP contribution in [0.15, 0.2) is 24.3 Å². The van der Waals surface area contributed by atoms with E-state index in [0.717, 1.165) is 0 Å². The minimum Gasteiger partial charge on any atom is -0.481 e. The molecule has 1 aliphatic carbocycles. The van der Waals surface area contributed by atoms with E-state index in [1.54, 1.807) is 24.3 Å². The highest BCUT2D eigenvalue weighted by Crippen LogP contribution is 2.61. The van der Waals surface area contributed by atoms with Gasteiger partial charge in [-0.3, -0.25) is 9.59 Å². The third kappa shape index (κ3) is 2.01. The zero-order chi connectivity index (χ0) is 15.4. The van der Waals surface area contributed by atoms with E-state index in [2.05, 4.69) is 0 Å². The van der Waals surface area contributed by atoms with Crippen LogP contribution in [-0.2, 0) is 16.1 Å². The first-order valence-corrected chi connectivity index (χ1v) is 6.74. The molecule has 1 heterocycles. The maximum Gasteiger partial charge on any atom is 0.312 e. The Hall–Kier alpha value is -1.98. The summed E-state index contributed by atoms with van der Waals surface area (Å²) in [6, 6.07) is 6.93. The van der Waals surface area contributed by atoms with Crippen LogP contribution in [-0.4, -0.2) is 34.4 Å². The van der Waals surface area contributed by atoms with Gasteiger partial charge >= 0.3 is 5.97 Å². The summed E-state index contributed by atoms with van der Waals surface area (Å²) >= 11 is 0. The number of aliphatic carboxylic acids is 1. The van der Waals surface area contributed by atoms with Crippen LogP contribution in [0, 0.1) is 5.41 Å². The van der Waals surface area contributed by atoms with E-state index in [-0.39, 0.29) is 13.1 Å². The smallest absolute Gasteiger partial charge is 0.312 e. The Morgan fingerprint density at radius 3 is 2.52 bits per heavy atom. The van der Waals surface area contributed by atoms with Crippen molar-refractivity contribution in [3.8, 4) is 0 Å². The normalized spacial score (nSPS) is 29.7. The number of carboxylic acids is 1. The van der Waals surface area contributed by atoms with E-state index < -0.39 is 35.6 Å². The number of carbonyl (C=O) groups is 2. The Bertz CT molecular complexity index is 631. The molecule has 1 N–H and O–H groups in total. The predicted octanol–water partition coefficient (Wildman–Crippen LogP) is 2.24. The van der Waals surface area contributed by atoms with Crippen molar-refractivity contribution in [2.75, 3.05) is 6.54 Å². The van der Waals surface area contributed by atoms with Crippen LogP contribution in [0.3, 0.4) is 0 Å². The second-order valence-corrected chi connectivity index (χ2v) is 5.99. The topological polar surface area (TPSA) is 57.6 Å². The molecule has 1 aromatic carbocycles. The van der Waals surface area contributed by atoms with E-state index in [9.17, 15) is 23.5 Å². The molecule has 1 fully saturated rings. The first-order valence-electron chi connectivity index (χ1n) is 6.74. The lowest BCUT2D eigenvalue weighted by Gasteiger charge is -2.34. The lowest BCUT2D eigenvalue weighted by Crippen LogP contribution is -2.44. The van der Waals surface area contributed by atoms with Gasteiger partial charge in [-0.05, 0) is 18.1 Å². The van der Waals surface area contributed by atoms with Crippen LogP contribution < -0.4 is 0 Å². The van der Waals surface area contributed by atoms with Gasteiger partial charge in [-0.15, -0.1) is 0 Å². The summed E-state index contributed by atoms with van der Waals surface area (Å²) in [6.45, 7) is 1.37. The first kappa shape index (κ1) is 14.0. The molecule has 112 valence electrons. The van der Waals surface area contributed by atoms with Gasteiger partial charge in [-0.25, -0.2) is 8.78 Å². The number of hydrogen-bond acceptors (Lipinski definition) is 2. The van der Waals surface area contributed by atoms with Crippen molar-refractivity contribution < 1.29 is 23.5 Å². The molecule has 6 heteroatoms. The van der Waals surface area contributed by atoms with Crippen molar-refractivity contribution in [1.29, 1.82) is 0 Å². The SMILES string of the molecule is CC1(C(=O)N2Cc3ccccc3C(C(=O)O)C2)CC1(F)F. The maximum absolute atomic E-state index is 13.4. The molecule has 21 heavy (non-hydrogen) atoms. The minimum absolute atomic E-state index is 0.0587. The van der Waals surface area contributed by atoms with Crippen molar-refractivity contribution in [3.63, 3.8) is 0 Å². The molecule has 0 saturated heterocycles. The van der Waals surface area contributed by atoms with Gasteiger partial charge < -0.3 is 10.0 Å². The second kappa shape index (κ2) is 4.26. The average Bonchev–Trinajstić information content (AvgIpc) is 2.96. The summed E-state index contributed by atoms with van der Waals surface area (Å²) in [6.07, 6.45) is -0.464. The lowest BCUT2D eigenvalue weighted by molar-refractivity contribution is -0.145. The van der Waals surface area contributed by atoms with Gasteiger partial charge in [0, 0.05) is 19.5 Å². The monoisotopic (exact) mass is 295 g/mol. The fourth-order valence-electron chi connectivity index (χ4n) is 2.95. The fourth-order valence-corrected chi connectivity index (χ4v) is 2.95. The van der Waals surface area contributed by atoms with E-state index in [1.165, 1.54) is 11.8 Å². The van der Waals surface area contributed by atoms with Gasteiger partial charge in [0.25, 0.3) is 5.92 Å². The molecule has 0 spiro atoms. The summed E-state index contributed by atoms with van der Waals surface area (Å²) in [5.41, 5.74) is -0.318. The number of hydrogen-bond donors (Lipinski definition) is 1. The number of amides is 1. The highest BCUT2D eigenvalue weighted by molar-refractivity contribution is 5.88. The quantitative estimate of drug-likeness (QED) is 0.910. The minimum atomic E-state index is -2.99. The molecule has 1 aromatic rings. The molecule has 2 unspecified atom stereocenters. The van der Waals surface area contributed by atoms with E-state index in [0.29, 0.717) is 11.1 Å². The predicted molar refractivity (Wildman–Crippen MR) is 69.9 cm³/mol. The molecule has 3 rings (SSSR count). The number of rotatable bonds is 2. The number of alkyl halides is 2. The van der Waals surface area contributed by atoms with E-state index in [4.69, 9.17) is 0 Å². The third-order valence-corrected chi connectivity index (χ3v) is 4.51. The van der Waals surface area contributed by atoms with E-state index in [1.807, 2.05) is 0 Å². The fraction of sp³-hybridized carbons (Fsp3) is 0.467. The summed E-state index contributed by atoms with van der Waals surface area (Å²) in [7, 11) is 0. The van der Waals surface area contributed by atoms with Crippen LogP contribution in [0.5, 0.6) is 0 Å². The van der Waals surface area contributed by atoms with Crippen molar-refractivity contribution in [3.05, 3.63) is 35.4 Å². The van der Waals surface area contributed by atoms with Crippen LogP contribution in [0.4, 0.5) is 8.78 Å². The maximum atomic E-state index is 13.4. The molecule has 0 bridgehead atoms. The van der Waals surface area contributed by atoms with Crippen molar-refractivity contribution in [2.45, 2.75) is 31.7 Å². The van der Waals surface area contributed by atoms with Gasteiger partial charge in [-0.1, -0.05) is 24.3 Å². The molecule has 2 aliphatic rings.